The van der Waals surface area contributed by atoms with Crippen LogP contribution in [0.4, 0.5) is 10.5 Å². The zero-order valence-corrected chi connectivity index (χ0v) is 12.2. The number of hydrogen-bond acceptors (Lipinski definition) is 3. The van der Waals surface area contributed by atoms with Crippen LogP contribution in [0.2, 0.25) is 0 Å². The lowest BCUT2D eigenvalue weighted by atomic mass is 10.3. The summed E-state index contributed by atoms with van der Waals surface area (Å²) in [6.07, 6.45) is 0.109. The number of ether oxygens (including phenoxy) is 1. The van der Waals surface area contributed by atoms with Crippen molar-refractivity contribution in [2.75, 3.05) is 25.5 Å². The predicted octanol–water partition coefficient (Wildman–Crippen LogP) is 1.91. The molecule has 2 amide bonds. The molecule has 0 radical (unpaired) electrons. The number of carboxylic acids is 1. The van der Waals surface area contributed by atoms with Crippen LogP contribution in [0.3, 0.4) is 0 Å². The molecular formula is C13H21N3O4. The van der Waals surface area contributed by atoms with Crippen molar-refractivity contribution in [1.82, 2.24) is 9.88 Å². The summed E-state index contributed by atoms with van der Waals surface area (Å²) in [5.41, 5.74) is 0.905. The molecule has 3 N–H and O–H groups in total. The minimum atomic E-state index is -1.11. The van der Waals surface area contributed by atoms with E-state index in [0.717, 1.165) is 0 Å². The summed E-state index contributed by atoms with van der Waals surface area (Å²) >= 11 is 0. The SMILES string of the molecule is Cc1cc(NC(=O)N(C)CCOC(C)C)c(C(=O)O)[nH]1. The molecule has 7 nitrogen and oxygen atoms in total. The van der Waals surface area contributed by atoms with Gasteiger partial charge < -0.3 is 25.0 Å². The minimum absolute atomic E-state index is 0.0253. The molecule has 1 aromatic rings. The monoisotopic (exact) mass is 283 g/mol. The van der Waals surface area contributed by atoms with Crippen molar-refractivity contribution in [2.24, 2.45) is 0 Å². The fourth-order valence-electron chi connectivity index (χ4n) is 1.59. The van der Waals surface area contributed by atoms with Crippen LogP contribution >= 0.6 is 0 Å². The van der Waals surface area contributed by atoms with E-state index < -0.39 is 5.97 Å². The Kier molecular flexibility index (Phi) is 5.57. The molecular weight excluding hydrogens is 262 g/mol. The number of aromatic nitrogens is 1. The van der Waals surface area contributed by atoms with Gasteiger partial charge in [-0.05, 0) is 26.8 Å². The molecule has 0 fully saturated rings. The van der Waals surface area contributed by atoms with Gasteiger partial charge >= 0.3 is 12.0 Å². The molecule has 1 rings (SSSR count). The van der Waals surface area contributed by atoms with Crippen molar-refractivity contribution in [3.05, 3.63) is 17.5 Å². The third-order valence-corrected chi connectivity index (χ3v) is 2.63. The second-order valence-electron chi connectivity index (χ2n) is 4.82. The van der Waals surface area contributed by atoms with Crippen LogP contribution in [0.25, 0.3) is 0 Å². The van der Waals surface area contributed by atoms with E-state index in [4.69, 9.17) is 9.84 Å². The van der Waals surface area contributed by atoms with Gasteiger partial charge in [-0.3, -0.25) is 0 Å². The quantitative estimate of drug-likeness (QED) is 0.743. The normalized spacial score (nSPS) is 10.7. The summed E-state index contributed by atoms with van der Waals surface area (Å²) in [6.45, 7) is 6.42. The topological polar surface area (TPSA) is 94.7 Å². The number of aryl methyl sites for hydroxylation is 1. The van der Waals surface area contributed by atoms with Gasteiger partial charge in [-0.1, -0.05) is 0 Å². The van der Waals surface area contributed by atoms with Crippen LogP contribution in [-0.2, 0) is 4.74 Å². The Morgan fingerprint density at radius 1 is 1.50 bits per heavy atom. The third kappa shape index (κ3) is 4.58. The van der Waals surface area contributed by atoms with Crippen molar-refractivity contribution < 1.29 is 19.4 Å². The lowest BCUT2D eigenvalue weighted by Gasteiger charge is -2.18. The van der Waals surface area contributed by atoms with Crippen LogP contribution in [0.15, 0.2) is 6.07 Å². The van der Waals surface area contributed by atoms with E-state index in [-0.39, 0.29) is 23.5 Å². The highest BCUT2D eigenvalue weighted by atomic mass is 16.5. The Labute approximate surface area is 117 Å². The zero-order valence-electron chi connectivity index (χ0n) is 12.2. The van der Waals surface area contributed by atoms with E-state index in [0.29, 0.717) is 18.8 Å². The number of carbonyl (C=O) groups excluding carboxylic acids is 1. The van der Waals surface area contributed by atoms with Crippen LogP contribution < -0.4 is 5.32 Å². The van der Waals surface area contributed by atoms with Crippen molar-refractivity contribution >= 4 is 17.7 Å². The summed E-state index contributed by atoms with van der Waals surface area (Å²) < 4.78 is 5.36. The van der Waals surface area contributed by atoms with Crippen LogP contribution in [0.1, 0.15) is 30.0 Å². The first-order valence-electron chi connectivity index (χ1n) is 6.38. The average molecular weight is 283 g/mol. The molecule has 0 aromatic carbocycles. The molecule has 0 spiro atoms. The number of urea groups is 1. The van der Waals surface area contributed by atoms with Crippen molar-refractivity contribution in [1.29, 1.82) is 0 Å². The number of nitrogens with zero attached hydrogens (tertiary/aromatic N) is 1. The fraction of sp³-hybridized carbons (Fsp3) is 0.538. The second kappa shape index (κ2) is 6.95. The van der Waals surface area contributed by atoms with Gasteiger partial charge in [0.2, 0.25) is 0 Å². The standard InChI is InChI=1S/C13H21N3O4/c1-8(2)20-6-5-16(4)13(19)15-10-7-9(3)14-11(10)12(17)18/h7-8,14H,5-6H2,1-4H3,(H,15,19)(H,17,18). The summed E-state index contributed by atoms with van der Waals surface area (Å²) in [5, 5.41) is 11.6. The third-order valence-electron chi connectivity index (χ3n) is 2.63. The molecule has 0 unspecified atom stereocenters. The van der Waals surface area contributed by atoms with Crippen LogP contribution in [-0.4, -0.2) is 53.3 Å². The van der Waals surface area contributed by atoms with Crippen molar-refractivity contribution in [2.45, 2.75) is 26.9 Å². The molecule has 0 aliphatic carbocycles. The predicted molar refractivity (Wildman–Crippen MR) is 75.2 cm³/mol. The van der Waals surface area contributed by atoms with Crippen LogP contribution in [0.5, 0.6) is 0 Å². The number of likely N-dealkylation sites (N-methyl/N-ethyl adjacent to an activating group) is 1. The maximum atomic E-state index is 11.9. The summed E-state index contributed by atoms with van der Waals surface area (Å²) in [5.74, 6) is -1.11. The van der Waals surface area contributed by atoms with Crippen molar-refractivity contribution in [3.63, 3.8) is 0 Å². The van der Waals surface area contributed by atoms with Gasteiger partial charge in [0.05, 0.1) is 18.4 Å². The average Bonchev–Trinajstić information content (AvgIpc) is 2.69. The molecule has 0 aliphatic heterocycles. The maximum Gasteiger partial charge on any atom is 0.354 e. The first-order chi connectivity index (χ1) is 9.31. The number of aromatic amines is 1. The second-order valence-corrected chi connectivity index (χ2v) is 4.82. The highest BCUT2D eigenvalue weighted by Gasteiger charge is 2.17. The fourth-order valence-corrected chi connectivity index (χ4v) is 1.59. The summed E-state index contributed by atoms with van der Waals surface area (Å²) in [6, 6.07) is 1.21. The summed E-state index contributed by atoms with van der Waals surface area (Å²) in [4.78, 5) is 27.1. The van der Waals surface area contributed by atoms with Crippen molar-refractivity contribution in [3.8, 4) is 0 Å². The molecule has 7 heteroatoms. The first-order valence-corrected chi connectivity index (χ1v) is 6.38. The van der Waals surface area contributed by atoms with Gasteiger partial charge in [0.1, 0.15) is 5.69 Å². The van der Waals surface area contributed by atoms with E-state index >= 15 is 0 Å². The Hall–Kier alpha value is -2.02. The van der Waals surface area contributed by atoms with Gasteiger partial charge in [-0.2, -0.15) is 0 Å². The number of nitrogens with one attached hydrogen (secondary N) is 2. The molecule has 0 bridgehead atoms. The highest BCUT2D eigenvalue weighted by Crippen LogP contribution is 2.17. The van der Waals surface area contributed by atoms with E-state index in [9.17, 15) is 9.59 Å². The minimum Gasteiger partial charge on any atom is -0.477 e. The van der Waals surface area contributed by atoms with Gasteiger partial charge in [0.15, 0.2) is 0 Å². The number of hydrogen-bond donors (Lipinski definition) is 3. The molecule has 0 atom stereocenters. The lowest BCUT2D eigenvalue weighted by molar-refractivity contribution is 0.0685. The maximum absolute atomic E-state index is 11.9. The lowest BCUT2D eigenvalue weighted by Crippen LogP contribution is -2.34. The van der Waals surface area contributed by atoms with Gasteiger partial charge in [-0.25, -0.2) is 9.59 Å². The Morgan fingerprint density at radius 3 is 2.70 bits per heavy atom. The largest absolute Gasteiger partial charge is 0.477 e. The van der Waals surface area contributed by atoms with E-state index in [1.807, 2.05) is 13.8 Å². The number of anilines is 1. The molecule has 112 valence electrons. The molecule has 0 saturated carbocycles. The Morgan fingerprint density at radius 2 is 2.15 bits per heavy atom. The van der Waals surface area contributed by atoms with E-state index in [2.05, 4.69) is 10.3 Å². The first kappa shape index (κ1) is 16.0. The van der Waals surface area contributed by atoms with E-state index in [1.165, 1.54) is 4.90 Å². The highest BCUT2D eigenvalue weighted by molar-refractivity contribution is 5.99. The Bertz CT molecular complexity index is 482. The molecule has 0 saturated heterocycles. The molecule has 0 aliphatic rings. The molecule has 20 heavy (non-hydrogen) atoms. The number of carbonyl (C=O) groups is 2. The van der Waals surface area contributed by atoms with Gasteiger partial charge in [0, 0.05) is 19.3 Å². The van der Waals surface area contributed by atoms with Gasteiger partial charge in [0.25, 0.3) is 0 Å². The molecule has 1 aromatic heterocycles. The zero-order chi connectivity index (χ0) is 15.3. The number of amides is 2. The Balaban J connectivity index is 2.59. The number of aromatic carboxylic acids is 1. The van der Waals surface area contributed by atoms with Crippen LogP contribution in [0, 0.1) is 6.92 Å². The number of carboxylic acid groups (broad SMARTS) is 1. The number of H-pyrrole nitrogens is 1. The summed E-state index contributed by atoms with van der Waals surface area (Å²) in [7, 11) is 1.62. The van der Waals surface area contributed by atoms with E-state index in [1.54, 1.807) is 20.0 Å². The smallest absolute Gasteiger partial charge is 0.354 e. The molecule has 1 heterocycles. The van der Waals surface area contributed by atoms with Gasteiger partial charge in [-0.15, -0.1) is 0 Å². The number of rotatable bonds is 6.